The topological polar surface area (TPSA) is 7.68 Å². The van der Waals surface area contributed by atoms with Gasteiger partial charge in [-0.05, 0) is 33.2 Å². The molecular weight excluding hydrogens is 148 g/mol. The summed E-state index contributed by atoms with van der Waals surface area (Å²) >= 11 is 0. The summed E-state index contributed by atoms with van der Waals surface area (Å²) in [4.78, 5) is 4.43. The lowest BCUT2D eigenvalue weighted by Gasteiger charge is -2.42. The molecule has 0 aromatic rings. The van der Waals surface area contributed by atoms with Crippen molar-refractivity contribution in [1.29, 1.82) is 0 Å². The van der Waals surface area contributed by atoms with Gasteiger partial charge in [0.1, 0.15) is 6.04 Å². The second-order valence-electron chi connectivity index (χ2n) is 4.64. The number of hydrogen-bond donors (Lipinski definition) is 1. The Balaban J connectivity index is 2.10. The van der Waals surface area contributed by atoms with Gasteiger partial charge in [0.05, 0.1) is 25.7 Å². The Bertz CT molecular complexity index is 169. The molecule has 0 aromatic carbocycles. The average molecular weight is 169 g/mol. The molecule has 12 heavy (non-hydrogen) atoms. The van der Waals surface area contributed by atoms with E-state index in [-0.39, 0.29) is 0 Å². The fourth-order valence-corrected chi connectivity index (χ4v) is 2.89. The number of fused-ring (bicyclic) bond motifs is 1. The quantitative estimate of drug-likeness (QED) is 0.526. The van der Waals surface area contributed by atoms with Gasteiger partial charge in [-0.3, -0.25) is 4.90 Å². The molecule has 2 fully saturated rings. The summed E-state index contributed by atoms with van der Waals surface area (Å²) in [5, 5.41) is 0. The number of nitrogens with one attached hydrogen (secondary N) is 1. The van der Waals surface area contributed by atoms with E-state index in [1.54, 1.807) is 4.90 Å². The molecule has 0 aromatic heterocycles. The normalized spacial score (nSPS) is 49.2. The Morgan fingerprint density at radius 1 is 1.33 bits per heavy atom. The highest BCUT2D eigenvalue weighted by molar-refractivity contribution is 4.87. The predicted molar refractivity (Wildman–Crippen MR) is 50.4 cm³/mol. The van der Waals surface area contributed by atoms with E-state index >= 15 is 0 Å². The van der Waals surface area contributed by atoms with Crippen LogP contribution in [0.5, 0.6) is 0 Å². The number of hydrogen-bond acceptors (Lipinski definition) is 1. The molecule has 0 saturated carbocycles. The standard InChI is InChI=1S/C10H20N2/c1-8-7-12-6-4-5-10(12)9(2)11(8)3/h8-10H,4-7H2,1-3H3/p+1. The second-order valence-corrected chi connectivity index (χ2v) is 4.64. The molecule has 2 heterocycles. The Morgan fingerprint density at radius 3 is 2.83 bits per heavy atom. The van der Waals surface area contributed by atoms with Gasteiger partial charge in [0.15, 0.2) is 0 Å². The number of nitrogens with zero attached hydrogens (tertiary/aromatic N) is 1. The van der Waals surface area contributed by atoms with Crippen LogP contribution in [0.4, 0.5) is 0 Å². The van der Waals surface area contributed by atoms with Gasteiger partial charge < -0.3 is 4.90 Å². The first-order valence-electron chi connectivity index (χ1n) is 5.27. The molecule has 0 amide bonds. The van der Waals surface area contributed by atoms with Gasteiger partial charge in [-0.1, -0.05) is 0 Å². The van der Waals surface area contributed by atoms with Crippen molar-refractivity contribution in [3.05, 3.63) is 0 Å². The van der Waals surface area contributed by atoms with Crippen LogP contribution in [0.2, 0.25) is 0 Å². The maximum Gasteiger partial charge on any atom is 0.100 e. The monoisotopic (exact) mass is 169 g/mol. The zero-order valence-corrected chi connectivity index (χ0v) is 8.51. The van der Waals surface area contributed by atoms with Crippen molar-refractivity contribution in [3.63, 3.8) is 0 Å². The molecule has 0 bridgehead atoms. The Kier molecular flexibility index (Phi) is 2.13. The summed E-state index contributed by atoms with van der Waals surface area (Å²) in [5.74, 6) is 0. The summed E-state index contributed by atoms with van der Waals surface area (Å²) < 4.78 is 0. The highest BCUT2D eigenvalue weighted by Crippen LogP contribution is 2.21. The van der Waals surface area contributed by atoms with Crippen LogP contribution in [0.25, 0.3) is 0 Å². The van der Waals surface area contributed by atoms with Crippen molar-refractivity contribution in [1.82, 2.24) is 4.90 Å². The lowest BCUT2D eigenvalue weighted by molar-refractivity contribution is -0.935. The van der Waals surface area contributed by atoms with Gasteiger partial charge in [-0.2, -0.15) is 0 Å². The maximum atomic E-state index is 2.70. The predicted octanol–water partition coefficient (Wildman–Crippen LogP) is -0.244. The molecule has 4 atom stereocenters. The lowest BCUT2D eigenvalue weighted by atomic mass is 10.0. The zero-order valence-electron chi connectivity index (χ0n) is 8.51. The maximum absolute atomic E-state index is 2.70. The van der Waals surface area contributed by atoms with Gasteiger partial charge in [0.25, 0.3) is 0 Å². The molecular formula is C10H21N2+. The van der Waals surface area contributed by atoms with Crippen LogP contribution in [0, 0.1) is 0 Å². The average Bonchev–Trinajstić information content (AvgIpc) is 2.48. The van der Waals surface area contributed by atoms with Gasteiger partial charge in [0, 0.05) is 0 Å². The van der Waals surface area contributed by atoms with Crippen molar-refractivity contribution in [2.45, 2.75) is 44.8 Å². The summed E-state index contributed by atoms with van der Waals surface area (Å²) in [6.45, 7) is 7.46. The molecule has 0 radical (unpaired) electrons. The Labute approximate surface area is 75.5 Å². The first kappa shape index (κ1) is 8.52. The van der Waals surface area contributed by atoms with Crippen LogP contribution < -0.4 is 4.90 Å². The second kappa shape index (κ2) is 3.00. The van der Waals surface area contributed by atoms with E-state index < -0.39 is 0 Å². The van der Waals surface area contributed by atoms with Gasteiger partial charge in [0.2, 0.25) is 0 Å². The van der Waals surface area contributed by atoms with E-state index in [0.717, 1.165) is 18.1 Å². The highest BCUT2D eigenvalue weighted by Gasteiger charge is 2.40. The summed E-state index contributed by atoms with van der Waals surface area (Å²) in [5.41, 5.74) is 0. The highest BCUT2D eigenvalue weighted by atomic mass is 15.3. The molecule has 2 aliphatic heterocycles. The first-order valence-corrected chi connectivity index (χ1v) is 5.27. The van der Waals surface area contributed by atoms with Crippen LogP contribution in [0.1, 0.15) is 26.7 Å². The first-order chi connectivity index (χ1) is 5.70. The molecule has 2 nitrogen and oxygen atoms in total. The van der Waals surface area contributed by atoms with Gasteiger partial charge in [-0.25, -0.2) is 0 Å². The Hall–Kier alpha value is -0.0800. The molecule has 2 heteroatoms. The third-order valence-electron chi connectivity index (χ3n) is 4.00. The largest absolute Gasteiger partial charge is 0.331 e. The molecule has 0 spiro atoms. The zero-order chi connectivity index (χ0) is 8.72. The minimum absolute atomic E-state index is 0.828. The number of quaternary nitrogens is 1. The minimum Gasteiger partial charge on any atom is -0.331 e. The van der Waals surface area contributed by atoms with Crippen molar-refractivity contribution in [2.24, 2.45) is 0 Å². The molecule has 4 unspecified atom stereocenters. The third-order valence-corrected chi connectivity index (χ3v) is 4.00. The summed E-state index contributed by atoms with van der Waals surface area (Å²) in [6, 6.07) is 2.56. The number of piperazine rings is 1. The Morgan fingerprint density at radius 2 is 2.08 bits per heavy atom. The van der Waals surface area contributed by atoms with Crippen LogP contribution in [0.3, 0.4) is 0 Å². The van der Waals surface area contributed by atoms with E-state index in [1.807, 2.05) is 0 Å². The van der Waals surface area contributed by atoms with E-state index in [9.17, 15) is 0 Å². The number of rotatable bonds is 0. The molecule has 70 valence electrons. The van der Waals surface area contributed by atoms with Crippen LogP contribution in [0.15, 0.2) is 0 Å². The number of likely N-dealkylation sites (N-methyl/N-ethyl adjacent to an activating group) is 1. The molecule has 2 aliphatic rings. The molecule has 2 rings (SSSR count). The lowest BCUT2D eigenvalue weighted by Crippen LogP contribution is -3.19. The SMILES string of the molecule is CC1CN2CCCC2C(C)[NH+]1C. The third kappa shape index (κ3) is 1.17. The van der Waals surface area contributed by atoms with Crippen molar-refractivity contribution < 1.29 is 4.90 Å². The van der Waals surface area contributed by atoms with E-state index in [2.05, 4.69) is 25.8 Å². The fourth-order valence-electron chi connectivity index (χ4n) is 2.89. The van der Waals surface area contributed by atoms with E-state index in [1.165, 1.54) is 25.9 Å². The van der Waals surface area contributed by atoms with E-state index in [0.29, 0.717) is 0 Å². The smallest absolute Gasteiger partial charge is 0.100 e. The molecule has 1 N–H and O–H groups in total. The van der Waals surface area contributed by atoms with E-state index in [4.69, 9.17) is 0 Å². The molecule has 0 aliphatic carbocycles. The van der Waals surface area contributed by atoms with Crippen molar-refractivity contribution in [2.75, 3.05) is 20.1 Å². The summed E-state index contributed by atoms with van der Waals surface area (Å²) in [6.07, 6.45) is 2.86. The van der Waals surface area contributed by atoms with Crippen LogP contribution in [-0.2, 0) is 0 Å². The summed E-state index contributed by atoms with van der Waals surface area (Å²) in [7, 11) is 2.35. The van der Waals surface area contributed by atoms with Crippen molar-refractivity contribution >= 4 is 0 Å². The fraction of sp³-hybridized carbons (Fsp3) is 1.00. The minimum atomic E-state index is 0.828. The van der Waals surface area contributed by atoms with Crippen LogP contribution in [-0.4, -0.2) is 43.2 Å². The van der Waals surface area contributed by atoms with Crippen LogP contribution >= 0.6 is 0 Å². The van der Waals surface area contributed by atoms with Gasteiger partial charge >= 0.3 is 0 Å². The van der Waals surface area contributed by atoms with Gasteiger partial charge in [-0.15, -0.1) is 0 Å². The molecule has 2 saturated heterocycles. The van der Waals surface area contributed by atoms with Crippen molar-refractivity contribution in [3.8, 4) is 0 Å².